The second-order valence-corrected chi connectivity index (χ2v) is 5.94. The topological polar surface area (TPSA) is 55.8 Å². The summed E-state index contributed by atoms with van der Waals surface area (Å²) in [4.78, 5) is 0. The standard InChI is InChI=1S/C9H17NO4S/c11-15(12,8-9-2-1-5-14-9)10-3-6-13-7-4-10/h9H,1-8H2. The second-order valence-electron chi connectivity index (χ2n) is 3.93. The first-order chi connectivity index (χ1) is 7.18. The number of hydrogen-bond acceptors (Lipinski definition) is 4. The molecule has 0 aromatic carbocycles. The van der Waals surface area contributed by atoms with Crippen LogP contribution in [0.4, 0.5) is 0 Å². The molecule has 2 aliphatic heterocycles. The van der Waals surface area contributed by atoms with Crippen LogP contribution < -0.4 is 0 Å². The van der Waals surface area contributed by atoms with Crippen molar-refractivity contribution in [2.75, 3.05) is 38.7 Å². The van der Waals surface area contributed by atoms with Crippen molar-refractivity contribution in [3.8, 4) is 0 Å². The van der Waals surface area contributed by atoms with Gasteiger partial charge >= 0.3 is 0 Å². The SMILES string of the molecule is O=S(=O)(CC1CCCO1)N1CCOCC1. The van der Waals surface area contributed by atoms with Gasteiger partial charge in [0.25, 0.3) is 0 Å². The molecule has 0 aromatic heterocycles. The van der Waals surface area contributed by atoms with E-state index in [-0.39, 0.29) is 11.9 Å². The molecule has 2 saturated heterocycles. The fourth-order valence-electron chi connectivity index (χ4n) is 1.94. The lowest BCUT2D eigenvalue weighted by Gasteiger charge is -2.27. The highest BCUT2D eigenvalue weighted by Crippen LogP contribution is 2.16. The van der Waals surface area contributed by atoms with Crippen LogP contribution in [0.2, 0.25) is 0 Å². The lowest BCUT2D eigenvalue weighted by molar-refractivity contribution is 0.0716. The summed E-state index contributed by atoms with van der Waals surface area (Å²) >= 11 is 0. The Kier molecular flexibility index (Phi) is 3.60. The summed E-state index contributed by atoms with van der Waals surface area (Å²) in [5.41, 5.74) is 0. The zero-order valence-electron chi connectivity index (χ0n) is 8.72. The first-order valence-electron chi connectivity index (χ1n) is 5.36. The molecule has 0 bridgehead atoms. The smallest absolute Gasteiger partial charge is 0.216 e. The Labute approximate surface area is 90.4 Å². The van der Waals surface area contributed by atoms with Gasteiger partial charge in [0.2, 0.25) is 10.0 Å². The maximum Gasteiger partial charge on any atom is 0.216 e. The van der Waals surface area contributed by atoms with E-state index >= 15 is 0 Å². The van der Waals surface area contributed by atoms with Crippen molar-refractivity contribution >= 4 is 10.0 Å². The Morgan fingerprint density at radius 2 is 1.93 bits per heavy atom. The van der Waals surface area contributed by atoms with Gasteiger partial charge in [-0.1, -0.05) is 0 Å². The summed E-state index contributed by atoms with van der Waals surface area (Å²) in [5.74, 6) is 0.132. The van der Waals surface area contributed by atoms with E-state index in [1.54, 1.807) is 0 Å². The van der Waals surface area contributed by atoms with E-state index in [4.69, 9.17) is 9.47 Å². The van der Waals surface area contributed by atoms with Gasteiger partial charge in [0.05, 0.1) is 25.1 Å². The maximum absolute atomic E-state index is 11.9. The summed E-state index contributed by atoms with van der Waals surface area (Å²) in [6, 6.07) is 0. The number of rotatable bonds is 3. The molecule has 88 valence electrons. The van der Waals surface area contributed by atoms with E-state index in [0.717, 1.165) is 12.8 Å². The molecule has 2 rings (SSSR count). The van der Waals surface area contributed by atoms with Crippen LogP contribution in [0.25, 0.3) is 0 Å². The number of sulfonamides is 1. The summed E-state index contributed by atoms with van der Waals surface area (Å²) in [5, 5.41) is 0. The second kappa shape index (κ2) is 4.78. The average molecular weight is 235 g/mol. The minimum absolute atomic E-state index is 0.0992. The molecule has 2 heterocycles. The third-order valence-corrected chi connectivity index (χ3v) is 4.73. The molecule has 0 N–H and O–H groups in total. The molecule has 5 nitrogen and oxygen atoms in total. The van der Waals surface area contributed by atoms with Crippen molar-refractivity contribution in [1.29, 1.82) is 0 Å². The third-order valence-electron chi connectivity index (χ3n) is 2.78. The van der Waals surface area contributed by atoms with E-state index in [0.29, 0.717) is 32.9 Å². The van der Waals surface area contributed by atoms with E-state index in [9.17, 15) is 8.42 Å². The summed E-state index contributed by atoms with van der Waals surface area (Å²) in [7, 11) is -3.14. The van der Waals surface area contributed by atoms with Gasteiger partial charge in [-0.15, -0.1) is 0 Å². The lowest BCUT2D eigenvalue weighted by Crippen LogP contribution is -2.43. The van der Waals surface area contributed by atoms with Crippen LogP contribution in [0.3, 0.4) is 0 Å². The van der Waals surface area contributed by atoms with Crippen LogP contribution >= 0.6 is 0 Å². The van der Waals surface area contributed by atoms with Crippen LogP contribution in [0.5, 0.6) is 0 Å². The van der Waals surface area contributed by atoms with E-state index in [1.165, 1.54) is 4.31 Å². The van der Waals surface area contributed by atoms with Crippen LogP contribution in [0.1, 0.15) is 12.8 Å². The van der Waals surface area contributed by atoms with Crippen molar-refractivity contribution < 1.29 is 17.9 Å². The quantitative estimate of drug-likeness (QED) is 0.681. The Morgan fingerprint density at radius 3 is 2.53 bits per heavy atom. The van der Waals surface area contributed by atoms with Gasteiger partial charge in [-0.3, -0.25) is 0 Å². The molecule has 15 heavy (non-hydrogen) atoms. The third kappa shape index (κ3) is 2.90. The van der Waals surface area contributed by atoms with E-state index < -0.39 is 10.0 Å². The van der Waals surface area contributed by atoms with Crippen LogP contribution in [0, 0.1) is 0 Å². The van der Waals surface area contributed by atoms with Gasteiger partial charge in [0.1, 0.15) is 0 Å². The Morgan fingerprint density at radius 1 is 1.20 bits per heavy atom. The number of morpholine rings is 1. The highest BCUT2D eigenvalue weighted by molar-refractivity contribution is 7.89. The highest BCUT2D eigenvalue weighted by Gasteiger charge is 2.29. The van der Waals surface area contributed by atoms with Gasteiger partial charge in [0.15, 0.2) is 0 Å². The van der Waals surface area contributed by atoms with Gasteiger partial charge < -0.3 is 9.47 Å². The molecule has 0 aliphatic carbocycles. The first kappa shape index (κ1) is 11.3. The Bertz CT molecular complexity index is 291. The summed E-state index contributed by atoms with van der Waals surface area (Å²) < 4.78 is 35.8. The fraction of sp³-hybridized carbons (Fsp3) is 1.00. The molecule has 1 atom stereocenters. The molecular formula is C9H17NO4S. The molecule has 0 radical (unpaired) electrons. The van der Waals surface area contributed by atoms with Gasteiger partial charge in [-0.25, -0.2) is 8.42 Å². The van der Waals surface area contributed by atoms with Gasteiger partial charge in [-0.2, -0.15) is 4.31 Å². The van der Waals surface area contributed by atoms with E-state index in [1.807, 2.05) is 0 Å². The fourth-order valence-corrected chi connectivity index (χ4v) is 3.59. The molecule has 2 aliphatic rings. The van der Waals surface area contributed by atoms with Crippen molar-refractivity contribution in [3.05, 3.63) is 0 Å². The number of hydrogen-bond donors (Lipinski definition) is 0. The van der Waals surface area contributed by atoms with Crippen LogP contribution in [-0.2, 0) is 19.5 Å². The summed E-state index contributed by atoms with van der Waals surface area (Å²) in [6.45, 7) is 2.67. The summed E-state index contributed by atoms with van der Waals surface area (Å²) in [6.07, 6.45) is 1.74. The normalized spacial score (nSPS) is 29.5. The zero-order valence-corrected chi connectivity index (χ0v) is 9.54. The van der Waals surface area contributed by atoms with Crippen molar-refractivity contribution in [2.45, 2.75) is 18.9 Å². The maximum atomic E-state index is 11.9. The first-order valence-corrected chi connectivity index (χ1v) is 6.96. The molecule has 2 fully saturated rings. The average Bonchev–Trinajstić information content (AvgIpc) is 2.71. The molecule has 6 heteroatoms. The largest absolute Gasteiger partial charge is 0.379 e. The molecular weight excluding hydrogens is 218 g/mol. The van der Waals surface area contributed by atoms with Crippen LogP contribution in [0.15, 0.2) is 0 Å². The Hall–Kier alpha value is -0.170. The van der Waals surface area contributed by atoms with Crippen molar-refractivity contribution in [3.63, 3.8) is 0 Å². The monoisotopic (exact) mass is 235 g/mol. The molecule has 0 spiro atoms. The molecule has 0 saturated carbocycles. The zero-order chi connectivity index (χ0) is 10.7. The molecule has 0 aromatic rings. The molecule has 1 unspecified atom stereocenters. The highest BCUT2D eigenvalue weighted by atomic mass is 32.2. The minimum atomic E-state index is -3.14. The minimum Gasteiger partial charge on any atom is -0.379 e. The van der Waals surface area contributed by atoms with Gasteiger partial charge in [-0.05, 0) is 12.8 Å². The van der Waals surface area contributed by atoms with Crippen molar-refractivity contribution in [1.82, 2.24) is 4.31 Å². The van der Waals surface area contributed by atoms with Crippen molar-refractivity contribution in [2.24, 2.45) is 0 Å². The molecule has 0 amide bonds. The predicted octanol–water partition coefficient (Wildman–Crippen LogP) is -0.173. The van der Waals surface area contributed by atoms with E-state index in [2.05, 4.69) is 0 Å². The Balaban J connectivity index is 1.92. The number of nitrogens with zero attached hydrogens (tertiary/aromatic N) is 1. The van der Waals surface area contributed by atoms with Gasteiger partial charge in [0, 0.05) is 19.7 Å². The van der Waals surface area contributed by atoms with Crippen LogP contribution in [-0.4, -0.2) is 57.5 Å². The number of ether oxygens (including phenoxy) is 2. The predicted molar refractivity (Wildman–Crippen MR) is 55.2 cm³/mol. The lowest BCUT2D eigenvalue weighted by atomic mass is 10.3.